The minimum atomic E-state index is -4.65. The Labute approximate surface area is 300 Å². The van der Waals surface area contributed by atoms with Crippen molar-refractivity contribution in [2.24, 2.45) is 10.2 Å². The van der Waals surface area contributed by atoms with Gasteiger partial charge in [0.15, 0.2) is 11.6 Å². The van der Waals surface area contributed by atoms with Crippen LogP contribution >= 0.6 is 11.3 Å². The number of carboxylic acid groups (broad SMARTS) is 1. The fourth-order valence-corrected chi connectivity index (χ4v) is 6.89. The second kappa shape index (κ2) is 13.8. The molecule has 0 aliphatic heterocycles. The lowest BCUT2D eigenvalue weighted by molar-refractivity contribution is 0.0697. The van der Waals surface area contributed by atoms with Crippen LogP contribution in [0.1, 0.15) is 21.5 Å². The van der Waals surface area contributed by atoms with Crippen LogP contribution in [0.25, 0.3) is 26.6 Å². The Morgan fingerprint density at radius 1 is 0.904 bits per heavy atom. The smallest absolute Gasteiger partial charge is 0.335 e. The molecule has 7 rings (SSSR count). The van der Waals surface area contributed by atoms with E-state index in [1.807, 2.05) is 54.6 Å². The molecular formula is C36H25N9O5S2. The van der Waals surface area contributed by atoms with Crippen molar-refractivity contribution in [1.29, 1.82) is 5.26 Å². The molecule has 16 heteroatoms. The number of pyridine rings is 1. The first kappa shape index (κ1) is 33.7. The molecule has 0 unspecified atom stereocenters. The van der Waals surface area contributed by atoms with Crippen LogP contribution in [0.2, 0.25) is 0 Å². The second-order valence-electron chi connectivity index (χ2n) is 11.2. The van der Waals surface area contributed by atoms with Crippen molar-refractivity contribution in [2.45, 2.75) is 11.8 Å². The Morgan fingerprint density at radius 2 is 1.65 bits per heavy atom. The van der Waals surface area contributed by atoms with Crippen LogP contribution in [0.4, 0.5) is 34.5 Å². The molecule has 7 aromatic rings. The van der Waals surface area contributed by atoms with E-state index in [1.54, 1.807) is 31.2 Å². The van der Waals surface area contributed by atoms with Crippen molar-refractivity contribution < 1.29 is 22.9 Å². The molecule has 0 aliphatic rings. The largest absolute Gasteiger partial charge is 0.478 e. The molecule has 3 aromatic heterocycles. The van der Waals surface area contributed by atoms with E-state index in [0.29, 0.717) is 27.6 Å². The van der Waals surface area contributed by atoms with Gasteiger partial charge >= 0.3 is 5.97 Å². The van der Waals surface area contributed by atoms with E-state index in [4.69, 9.17) is 10.1 Å². The maximum atomic E-state index is 12.3. The summed E-state index contributed by atoms with van der Waals surface area (Å²) in [5, 5.41) is 40.3. The van der Waals surface area contributed by atoms with Gasteiger partial charge in [-0.05, 0) is 61.0 Å². The number of aryl methyl sites for hydroxylation is 1. The fourth-order valence-electron chi connectivity index (χ4n) is 5.33. The average Bonchev–Trinajstić information content (AvgIpc) is 3.73. The predicted octanol–water partition coefficient (Wildman–Crippen LogP) is 8.57. The number of thiazole rings is 1. The zero-order valence-corrected chi connectivity index (χ0v) is 28.6. The number of aromatic nitrogens is 4. The van der Waals surface area contributed by atoms with Crippen LogP contribution < -0.4 is 10.6 Å². The number of benzene rings is 4. The summed E-state index contributed by atoms with van der Waals surface area (Å²) in [6.45, 7) is 1.72. The summed E-state index contributed by atoms with van der Waals surface area (Å²) in [5.74, 6) is -0.722. The molecular weight excluding hydrogens is 703 g/mol. The highest BCUT2D eigenvalue weighted by Crippen LogP contribution is 2.39. The van der Waals surface area contributed by atoms with E-state index in [0.717, 1.165) is 10.2 Å². The third-order valence-electron chi connectivity index (χ3n) is 7.71. The third kappa shape index (κ3) is 6.82. The lowest BCUT2D eigenvalue weighted by atomic mass is 10.1. The van der Waals surface area contributed by atoms with Gasteiger partial charge in [-0.25, -0.2) is 14.8 Å². The van der Waals surface area contributed by atoms with Gasteiger partial charge in [-0.15, -0.1) is 10.2 Å². The molecule has 0 bridgehead atoms. The number of para-hydroxylation sites is 2. The lowest BCUT2D eigenvalue weighted by Crippen LogP contribution is -2.05. The third-order valence-corrected chi connectivity index (χ3v) is 9.64. The summed E-state index contributed by atoms with van der Waals surface area (Å²) in [5.41, 5.74) is 3.09. The fraction of sp³-hybridized carbons (Fsp3) is 0.0278. The van der Waals surface area contributed by atoms with Crippen LogP contribution in [0.15, 0.2) is 124 Å². The van der Waals surface area contributed by atoms with Gasteiger partial charge < -0.3 is 15.7 Å². The zero-order valence-electron chi connectivity index (χ0n) is 27.0. The summed E-state index contributed by atoms with van der Waals surface area (Å²) in [6, 6.07) is 32.4. The van der Waals surface area contributed by atoms with E-state index < -0.39 is 21.0 Å². The van der Waals surface area contributed by atoms with Crippen LogP contribution in [-0.4, -0.2) is 43.8 Å². The first-order chi connectivity index (χ1) is 25.1. The number of azo groups is 1. The topological polar surface area (TPSA) is 208 Å². The zero-order chi connectivity index (χ0) is 36.4. The Balaban J connectivity index is 1.39. The Kier molecular flexibility index (Phi) is 8.97. The van der Waals surface area contributed by atoms with Crippen molar-refractivity contribution >= 4 is 72.2 Å². The molecule has 52 heavy (non-hydrogen) atoms. The number of anilines is 4. The number of nitrogens with zero attached hydrogens (tertiary/aromatic N) is 7. The second-order valence-corrected chi connectivity index (χ2v) is 13.6. The summed E-state index contributed by atoms with van der Waals surface area (Å²) >= 11 is 1.36. The Bertz CT molecular complexity index is 2650. The minimum absolute atomic E-state index is 0.00182. The van der Waals surface area contributed by atoms with Crippen molar-refractivity contribution in [2.75, 3.05) is 10.6 Å². The number of fused-ring (bicyclic) bond motifs is 1. The standard InChI is InChI=1S/C36H25N9O5S2/c1-21-18-30(38-24-13-9-12-23(19-24)35(46)47)41-33(39-27-15-6-8-17-29(27)52(48,49)50)31(21)42-43-34-25(20-37)32(22-10-3-2-4-11-22)44-45(34)36-40-26-14-5-7-16-28(26)51-36/h2-19H,1H3,(H,46,47)(H2,38,39,41)(H,48,49,50). The first-order valence-electron chi connectivity index (χ1n) is 15.4. The van der Waals surface area contributed by atoms with Gasteiger partial charge in [0, 0.05) is 11.3 Å². The summed E-state index contributed by atoms with van der Waals surface area (Å²) in [7, 11) is -4.65. The number of rotatable bonds is 10. The number of carbonyl (C=O) groups is 1. The molecule has 4 aromatic carbocycles. The van der Waals surface area contributed by atoms with E-state index >= 15 is 0 Å². The van der Waals surface area contributed by atoms with Crippen molar-refractivity contribution in [3.63, 3.8) is 0 Å². The SMILES string of the molecule is Cc1cc(Nc2cccc(C(=O)O)c2)nc(Nc2ccccc2S(=O)(=O)O)c1N=Nc1c(C#N)c(-c2ccccc2)nn1-c1nc2ccccc2s1. The number of nitrogens with one attached hydrogen (secondary N) is 2. The Morgan fingerprint density at radius 3 is 2.40 bits per heavy atom. The first-order valence-corrected chi connectivity index (χ1v) is 17.7. The number of hydrogen-bond acceptors (Lipinski definition) is 12. The maximum absolute atomic E-state index is 12.3. The highest BCUT2D eigenvalue weighted by Gasteiger charge is 2.24. The molecule has 4 N–H and O–H groups in total. The van der Waals surface area contributed by atoms with Crippen molar-refractivity contribution in [3.05, 3.63) is 126 Å². The normalized spacial score (nSPS) is 11.5. The molecule has 0 saturated carbocycles. The van der Waals surface area contributed by atoms with Crippen LogP contribution in [-0.2, 0) is 10.1 Å². The van der Waals surface area contributed by atoms with Gasteiger partial charge in [-0.2, -0.15) is 23.5 Å². The number of aromatic carboxylic acids is 1. The average molecular weight is 728 g/mol. The van der Waals surface area contributed by atoms with Gasteiger partial charge in [0.1, 0.15) is 33.7 Å². The van der Waals surface area contributed by atoms with Gasteiger partial charge in [-0.1, -0.05) is 72.0 Å². The molecule has 14 nitrogen and oxygen atoms in total. The van der Waals surface area contributed by atoms with Crippen LogP contribution in [0, 0.1) is 18.3 Å². The van der Waals surface area contributed by atoms with Gasteiger partial charge in [0.05, 0.1) is 21.5 Å². The molecule has 3 heterocycles. The monoisotopic (exact) mass is 727 g/mol. The predicted molar refractivity (Wildman–Crippen MR) is 196 cm³/mol. The van der Waals surface area contributed by atoms with Gasteiger partial charge in [0.2, 0.25) is 5.13 Å². The van der Waals surface area contributed by atoms with Crippen LogP contribution in [0.5, 0.6) is 0 Å². The van der Waals surface area contributed by atoms with E-state index in [2.05, 4.69) is 31.9 Å². The summed E-state index contributed by atoms with van der Waals surface area (Å²) in [6.07, 6.45) is 0. The van der Waals surface area contributed by atoms with E-state index in [9.17, 15) is 28.1 Å². The molecule has 0 fully saturated rings. The van der Waals surface area contributed by atoms with E-state index in [1.165, 1.54) is 46.4 Å². The van der Waals surface area contributed by atoms with Crippen LogP contribution in [0.3, 0.4) is 0 Å². The highest BCUT2D eigenvalue weighted by atomic mass is 32.2. The van der Waals surface area contributed by atoms with Gasteiger partial charge in [-0.3, -0.25) is 4.55 Å². The Hall–Kier alpha value is -6.80. The highest BCUT2D eigenvalue weighted by molar-refractivity contribution is 7.86. The summed E-state index contributed by atoms with van der Waals surface area (Å²) < 4.78 is 36.9. The number of hydrogen-bond donors (Lipinski definition) is 4. The quantitative estimate of drug-likeness (QED) is 0.0775. The molecule has 0 atom stereocenters. The molecule has 0 amide bonds. The summed E-state index contributed by atoms with van der Waals surface area (Å²) in [4.78, 5) is 20.5. The maximum Gasteiger partial charge on any atom is 0.335 e. The number of carboxylic acids is 1. The van der Waals surface area contributed by atoms with Gasteiger partial charge in [0.25, 0.3) is 10.1 Å². The number of nitriles is 1. The molecule has 256 valence electrons. The molecule has 0 radical (unpaired) electrons. The molecule has 0 aliphatic carbocycles. The molecule has 0 saturated heterocycles. The lowest BCUT2D eigenvalue weighted by Gasteiger charge is -2.15. The van der Waals surface area contributed by atoms with Crippen molar-refractivity contribution in [1.82, 2.24) is 19.7 Å². The molecule has 0 spiro atoms. The van der Waals surface area contributed by atoms with Crippen molar-refractivity contribution in [3.8, 4) is 22.5 Å². The minimum Gasteiger partial charge on any atom is -0.478 e. The van der Waals surface area contributed by atoms with E-state index in [-0.39, 0.29) is 40.0 Å².